The number of halogens is 3. The lowest BCUT2D eigenvalue weighted by atomic mass is 10.0. The molecule has 4 N–H and O–H groups in total. The van der Waals surface area contributed by atoms with E-state index in [1.165, 1.54) is 11.8 Å². The van der Waals surface area contributed by atoms with Gasteiger partial charge in [0.15, 0.2) is 0 Å². The van der Waals surface area contributed by atoms with Gasteiger partial charge in [-0.3, -0.25) is 30.0 Å². The van der Waals surface area contributed by atoms with Gasteiger partial charge in [0.25, 0.3) is 11.8 Å². The number of carbonyl (C=O) groups excluding carboxylic acids is 2. The lowest BCUT2D eigenvalue weighted by molar-refractivity contribution is -0.137. The summed E-state index contributed by atoms with van der Waals surface area (Å²) in [6.45, 7) is 2.49. The van der Waals surface area contributed by atoms with Gasteiger partial charge >= 0.3 is 6.18 Å². The molecule has 9 nitrogen and oxygen atoms in total. The van der Waals surface area contributed by atoms with Crippen molar-refractivity contribution < 1.29 is 22.8 Å². The van der Waals surface area contributed by atoms with Crippen molar-refractivity contribution >= 4 is 18.0 Å². The molecule has 2 amide bonds. The zero-order valence-corrected chi connectivity index (χ0v) is 19.2. The highest BCUT2D eigenvalue weighted by atomic mass is 19.4. The number of carbonyl (C=O) groups is 2. The minimum atomic E-state index is -4.52. The molecule has 0 bridgehead atoms. The van der Waals surface area contributed by atoms with E-state index < -0.39 is 23.7 Å². The Balaban J connectivity index is 1.51. The van der Waals surface area contributed by atoms with Crippen LogP contribution < -0.4 is 21.6 Å². The molecule has 0 saturated heterocycles. The first-order valence-electron chi connectivity index (χ1n) is 10.8. The Bertz CT molecular complexity index is 1080. The Morgan fingerprint density at radius 2 is 1.91 bits per heavy atom. The highest BCUT2D eigenvalue weighted by Gasteiger charge is 2.31. The fraction of sp³-hybridized carbons (Fsp3) is 0.304. The smallest absolute Gasteiger partial charge is 0.349 e. The van der Waals surface area contributed by atoms with E-state index in [-0.39, 0.29) is 30.4 Å². The topological polar surface area (TPSA) is 111 Å². The van der Waals surface area contributed by atoms with E-state index in [0.717, 1.165) is 24.1 Å². The van der Waals surface area contributed by atoms with Gasteiger partial charge in [-0.25, -0.2) is 0 Å². The molecule has 0 spiro atoms. The van der Waals surface area contributed by atoms with Crippen molar-refractivity contribution in [2.45, 2.75) is 25.6 Å². The first-order valence-corrected chi connectivity index (χ1v) is 10.8. The van der Waals surface area contributed by atoms with Crippen molar-refractivity contribution in [3.63, 3.8) is 0 Å². The van der Waals surface area contributed by atoms with Gasteiger partial charge in [-0.15, -0.1) is 5.53 Å². The van der Waals surface area contributed by atoms with Crippen LogP contribution in [0, 0.1) is 0 Å². The predicted octanol–water partition coefficient (Wildman–Crippen LogP) is 2.12. The maximum Gasteiger partial charge on any atom is 0.417 e. The zero-order chi connectivity index (χ0) is 25.4. The first-order chi connectivity index (χ1) is 16.7. The number of pyridine rings is 1. The van der Waals surface area contributed by atoms with E-state index in [1.54, 1.807) is 18.3 Å². The number of nitrogens with zero attached hydrogens (tertiary/aromatic N) is 3. The van der Waals surface area contributed by atoms with Crippen LogP contribution in [-0.4, -0.2) is 48.2 Å². The van der Waals surface area contributed by atoms with Crippen molar-refractivity contribution in [3.8, 4) is 0 Å². The second kappa shape index (κ2) is 11.5. The van der Waals surface area contributed by atoms with Crippen LogP contribution in [0.5, 0.6) is 0 Å². The van der Waals surface area contributed by atoms with Crippen molar-refractivity contribution in [1.29, 1.82) is 0 Å². The van der Waals surface area contributed by atoms with Gasteiger partial charge in [-0.2, -0.15) is 13.2 Å². The molecule has 2 aromatic rings. The summed E-state index contributed by atoms with van der Waals surface area (Å²) in [6.07, 6.45) is 0.195. The molecular weight excluding hydrogens is 463 g/mol. The molecule has 12 heteroatoms. The average Bonchev–Trinajstić information content (AvgIpc) is 3.32. The van der Waals surface area contributed by atoms with Crippen LogP contribution in [0.1, 0.15) is 40.1 Å². The van der Waals surface area contributed by atoms with Gasteiger partial charge in [0.1, 0.15) is 11.4 Å². The van der Waals surface area contributed by atoms with E-state index in [4.69, 9.17) is 0 Å². The van der Waals surface area contributed by atoms with Crippen LogP contribution in [-0.2, 0) is 17.4 Å². The number of alkyl halides is 3. The number of rotatable bonds is 9. The molecule has 1 aromatic carbocycles. The fourth-order valence-electron chi connectivity index (χ4n) is 3.20. The molecule has 0 saturated carbocycles. The largest absolute Gasteiger partial charge is 0.417 e. The number of benzene rings is 1. The monoisotopic (exact) mass is 489 g/mol. The lowest BCUT2D eigenvalue weighted by Crippen LogP contribution is -2.42. The SMILES string of the molecule is CCc1ccc(C(C=NC)NC(=O)C2=CN(CCNC(=O)c3ccc(C(F)(F)F)cn3)NN2)cc1. The second-order valence-corrected chi connectivity index (χ2v) is 7.61. The maximum absolute atomic E-state index is 12.7. The summed E-state index contributed by atoms with van der Waals surface area (Å²) in [6, 6.07) is 9.30. The standard InChI is InChI=1S/C23H26F3N7O2/c1-3-15-4-6-16(7-5-15)19(13-27-2)30-22(35)20-14-33(32-31-20)11-10-28-21(34)18-9-8-17(12-29-18)23(24,25)26/h4-9,12-14,19,31-32H,3,10-11H2,1-2H3,(H,28,34)(H,30,35). The summed E-state index contributed by atoms with van der Waals surface area (Å²) < 4.78 is 37.8. The summed E-state index contributed by atoms with van der Waals surface area (Å²) in [5.74, 6) is -0.967. The summed E-state index contributed by atoms with van der Waals surface area (Å²) in [5, 5.41) is 7.02. The number of hydrogen-bond donors (Lipinski definition) is 4. The fourth-order valence-corrected chi connectivity index (χ4v) is 3.20. The summed E-state index contributed by atoms with van der Waals surface area (Å²) >= 11 is 0. The number of hydrazine groups is 2. The second-order valence-electron chi connectivity index (χ2n) is 7.61. The van der Waals surface area contributed by atoms with Crippen molar-refractivity contribution in [2.24, 2.45) is 4.99 Å². The van der Waals surface area contributed by atoms with Crippen LogP contribution in [0.3, 0.4) is 0 Å². The predicted molar refractivity (Wildman–Crippen MR) is 124 cm³/mol. The molecule has 0 aliphatic carbocycles. The number of aliphatic imine (C=N–C) groups is 1. The number of amides is 2. The quantitative estimate of drug-likeness (QED) is 0.402. The third kappa shape index (κ3) is 7.03. The number of aryl methyl sites for hydroxylation is 1. The molecule has 1 aromatic heterocycles. The molecule has 3 rings (SSSR count). The maximum atomic E-state index is 12.7. The van der Waals surface area contributed by atoms with Gasteiger partial charge in [0.2, 0.25) is 0 Å². The molecule has 1 aliphatic rings. The molecular formula is C23H26F3N7O2. The summed E-state index contributed by atoms with van der Waals surface area (Å²) in [5.41, 5.74) is 6.84. The van der Waals surface area contributed by atoms with Crippen LogP contribution in [0.4, 0.5) is 13.2 Å². The van der Waals surface area contributed by atoms with Gasteiger partial charge in [-0.05, 0) is 29.7 Å². The minimum Gasteiger partial charge on any atom is -0.349 e. The van der Waals surface area contributed by atoms with E-state index in [1.807, 2.05) is 24.3 Å². The van der Waals surface area contributed by atoms with E-state index in [2.05, 4.69) is 38.5 Å². The van der Waals surface area contributed by atoms with Crippen molar-refractivity contribution in [2.75, 3.05) is 20.1 Å². The highest BCUT2D eigenvalue weighted by Crippen LogP contribution is 2.28. The van der Waals surface area contributed by atoms with Crippen LogP contribution in [0.2, 0.25) is 0 Å². The number of aromatic nitrogens is 1. The first kappa shape index (κ1) is 25.7. The van der Waals surface area contributed by atoms with E-state index in [0.29, 0.717) is 6.20 Å². The Hall–Kier alpha value is -3.93. The van der Waals surface area contributed by atoms with E-state index >= 15 is 0 Å². The van der Waals surface area contributed by atoms with Gasteiger partial charge in [-0.1, -0.05) is 31.2 Å². The van der Waals surface area contributed by atoms with E-state index in [9.17, 15) is 22.8 Å². The third-order valence-corrected chi connectivity index (χ3v) is 5.16. The molecule has 1 atom stereocenters. The Kier molecular flexibility index (Phi) is 8.42. The molecule has 2 heterocycles. The van der Waals surface area contributed by atoms with Gasteiger partial charge in [0.05, 0.1) is 18.2 Å². The molecule has 0 fully saturated rings. The van der Waals surface area contributed by atoms with Gasteiger partial charge in [0, 0.05) is 32.2 Å². The Labute approximate surface area is 200 Å². The highest BCUT2D eigenvalue weighted by molar-refractivity contribution is 5.95. The summed E-state index contributed by atoms with van der Waals surface area (Å²) in [7, 11) is 1.63. The Morgan fingerprint density at radius 1 is 1.17 bits per heavy atom. The molecule has 35 heavy (non-hydrogen) atoms. The molecule has 1 aliphatic heterocycles. The van der Waals surface area contributed by atoms with Gasteiger partial charge < -0.3 is 10.6 Å². The van der Waals surface area contributed by atoms with Crippen LogP contribution >= 0.6 is 0 Å². The summed E-state index contributed by atoms with van der Waals surface area (Å²) in [4.78, 5) is 32.4. The zero-order valence-electron chi connectivity index (χ0n) is 19.2. The van der Waals surface area contributed by atoms with Crippen LogP contribution in [0.25, 0.3) is 0 Å². The molecule has 0 radical (unpaired) electrons. The third-order valence-electron chi connectivity index (χ3n) is 5.16. The van der Waals surface area contributed by atoms with Crippen molar-refractivity contribution in [1.82, 2.24) is 31.6 Å². The normalized spacial score (nSPS) is 14.4. The average molecular weight is 490 g/mol. The molecule has 1 unspecified atom stereocenters. The molecule has 186 valence electrons. The minimum absolute atomic E-state index is 0.128. The Morgan fingerprint density at radius 3 is 2.51 bits per heavy atom. The van der Waals surface area contributed by atoms with Crippen LogP contribution in [0.15, 0.2) is 59.5 Å². The van der Waals surface area contributed by atoms with Crippen molar-refractivity contribution in [3.05, 3.63) is 76.9 Å². The number of nitrogens with one attached hydrogen (secondary N) is 4. The number of hydrogen-bond acceptors (Lipinski definition) is 7. The lowest BCUT2D eigenvalue weighted by Gasteiger charge is -2.16.